The number of carbonyl (C=O) groups is 2. The molecular formula is C21H30N2O6S. The van der Waals surface area contributed by atoms with E-state index >= 15 is 0 Å². The van der Waals surface area contributed by atoms with Crippen molar-refractivity contribution in [2.75, 3.05) is 46.0 Å². The average molecular weight is 439 g/mol. The van der Waals surface area contributed by atoms with E-state index in [0.717, 1.165) is 6.42 Å². The molecule has 0 bridgehead atoms. The Bertz CT molecular complexity index is 885. The van der Waals surface area contributed by atoms with Crippen molar-refractivity contribution in [1.82, 2.24) is 9.21 Å². The molecule has 0 aromatic heterocycles. The van der Waals surface area contributed by atoms with Gasteiger partial charge >= 0.3 is 5.97 Å². The van der Waals surface area contributed by atoms with Gasteiger partial charge in [-0.2, -0.15) is 4.31 Å². The van der Waals surface area contributed by atoms with Crippen molar-refractivity contribution in [1.29, 1.82) is 0 Å². The summed E-state index contributed by atoms with van der Waals surface area (Å²) < 4.78 is 37.7. The van der Waals surface area contributed by atoms with Crippen LogP contribution in [0.3, 0.4) is 0 Å². The fourth-order valence-electron chi connectivity index (χ4n) is 4.10. The smallest absolute Gasteiger partial charge is 0.338 e. The Morgan fingerprint density at radius 3 is 2.40 bits per heavy atom. The maximum atomic E-state index is 13.0. The number of morpholine rings is 1. The number of nitrogens with zero attached hydrogens (tertiary/aromatic N) is 2. The van der Waals surface area contributed by atoms with Gasteiger partial charge in [-0.05, 0) is 42.9 Å². The van der Waals surface area contributed by atoms with Gasteiger partial charge in [-0.3, -0.25) is 4.79 Å². The summed E-state index contributed by atoms with van der Waals surface area (Å²) in [6.45, 7) is 8.10. The Balaban J connectivity index is 1.68. The van der Waals surface area contributed by atoms with Crippen LogP contribution in [0.4, 0.5) is 0 Å². The summed E-state index contributed by atoms with van der Waals surface area (Å²) in [4.78, 5) is 26.8. The second kappa shape index (κ2) is 9.45. The third kappa shape index (κ3) is 5.19. The predicted octanol–water partition coefficient (Wildman–Crippen LogP) is 1.68. The fraction of sp³-hybridized carbons (Fsp3) is 0.619. The lowest BCUT2D eigenvalue weighted by atomic mass is 9.92. The number of rotatable bonds is 5. The van der Waals surface area contributed by atoms with Crippen LogP contribution < -0.4 is 0 Å². The zero-order valence-corrected chi connectivity index (χ0v) is 18.6. The molecule has 1 amide bonds. The third-order valence-electron chi connectivity index (χ3n) is 5.56. The number of esters is 1. The summed E-state index contributed by atoms with van der Waals surface area (Å²) >= 11 is 0. The molecular weight excluding hydrogens is 408 g/mol. The van der Waals surface area contributed by atoms with E-state index in [1.54, 1.807) is 17.9 Å². The first-order chi connectivity index (χ1) is 14.2. The first-order valence-corrected chi connectivity index (χ1v) is 11.8. The van der Waals surface area contributed by atoms with Gasteiger partial charge in [-0.25, -0.2) is 13.2 Å². The van der Waals surface area contributed by atoms with Gasteiger partial charge in [0.25, 0.3) is 5.91 Å². The highest BCUT2D eigenvalue weighted by Gasteiger charge is 2.29. The zero-order valence-electron chi connectivity index (χ0n) is 17.8. The van der Waals surface area contributed by atoms with E-state index in [4.69, 9.17) is 9.47 Å². The Morgan fingerprint density at radius 1 is 1.13 bits per heavy atom. The topological polar surface area (TPSA) is 93.2 Å². The molecule has 1 aromatic carbocycles. The summed E-state index contributed by atoms with van der Waals surface area (Å²) in [5.41, 5.74) is 0.658. The molecule has 0 saturated carbocycles. The zero-order chi connectivity index (χ0) is 21.9. The molecule has 0 radical (unpaired) electrons. The van der Waals surface area contributed by atoms with Crippen LogP contribution in [0.15, 0.2) is 23.1 Å². The number of likely N-dealkylation sites (tertiary alicyclic amines) is 1. The maximum absolute atomic E-state index is 13.0. The number of carbonyl (C=O) groups excluding carboxylic acids is 2. The highest BCUT2D eigenvalue weighted by Crippen LogP contribution is 2.23. The number of amides is 1. The van der Waals surface area contributed by atoms with Crippen molar-refractivity contribution in [3.8, 4) is 0 Å². The number of sulfonamides is 1. The van der Waals surface area contributed by atoms with Crippen LogP contribution in [-0.2, 0) is 24.3 Å². The molecule has 0 unspecified atom stereocenters. The van der Waals surface area contributed by atoms with E-state index in [2.05, 4.69) is 13.8 Å². The molecule has 166 valence electrons. The van der Waals surface area contributed by atoms with E-state index in [9.17, 15) is 18.0 Å². The number of hydrogen-bond acceptors (Lipinski definition) is 6. The van der Waals surface area contributed by atoms with Crippen molar-refractivity contribution in [3.63, 3.8) is 0 Å². The van der Waals surface area contributed by atoms with Crippen LogP contribution in [0.1, 0.15) is 36.2 Å². The summed E-state index contributed by atoms with van der Waals surface area (Å²) in [6.07, 6.45) is 1.08. The van der Waals surface area contributed by atoms with Gasteiger partial charge in [-0.1, -0.05) is 19.9 Å². The molecule has 0 spiro atoms. The average Bonchev–Trinajstić information content (AvgIpc) is 2.71. The quantitative estimate of drug-likeness (QED) is 0.650. The van der Waals surface area contributed by atoms with Crippen LogP contribution in [0, 0.1) is 18.8 Å². The van der Waals surface area contributed by atoms with Crippen LogP contribution in [0.5, 0.6) is 0 Å². The molecule has 2 atom stereocenters. The van der Waals surface area contributed by atoms with Crippen LogP contribution >= 0.6 is 0 Å². The van der Waals surface area contributed by atoms with Crippen LogP contribution in [-0.4, -0.2) is 75.5 Å². The van der Waals surface area contributed by atoms with E-state index in [0.29, 0.717) is 43.7 Å². The minimum absolute atomic E-state index is 0.0730. The first kappa shape index (κ1) is 22.7. The Hall–Kier alpha value is -1.97. The molecule has 1 aromatic rings. The maximum Gasteiger partial charge on any atom is 0.338 e. The predicted molar refractivity (Wildman–Crippen MR) is 111 cm³/mol. The monoisotopic (exact) mass is 438 g/mol. The van der Waals surface area contributed by atoms with Gasteiger partial charge in [0.1, 0.15) is 0 Å². The lowest BCUT2D eigenvalue weighted by molar-refractivity contribution is -0.137. The second-order valence-corrected chi connectivity index (χ2v) is 10.2. The van der Waals surface area contributed by atoms with E-state index in [1.165, 1.54) is 16.4 Å². The number of benzene rings is 1. The molecule has 2 aliphatic rings. The highest BCUT2D eigenvalue weighted by molar-refractivity contribution is 7.89. The van der Waals surface area contributed by atoms with Crippen molar-refractivity contribution in [2.24, 2.45) is 11.8 Å². The minimum atomic E-state index is -3.74. The molecule has 2 aliphatic heterocycles. The molecule has 9 heteroatoms. The van der Waals surface area contributed by atoms with Crippen LogP contribution in [0.2, 0.25) is 0 Å². The van der Waals surface area contributed by atoms with Gasteiger partial charge in [0.2, 0.25) is 10.0 Å². The van der Waals surface area contributed by atoms with Crippen molar-refractivity contribution in [2.45, 2.75) is 32.1 Å². The molecule has 2 saturated heterocycles. The SMILES string of the molecule is Cc1ccc(C(=O)OCC(=O)N2C[C@@H](C)C[C@H](C)C2)cc1S(=O)(=O)N1CCOCC1. The molecule has 0 aliphatic carbocycles. The summed E-state index contributed by atoms with van der Waals surface area (Å²) in [5, 5.41) is 0. The second-order valence-electron chi connectivity index (χ2n) is 8.32. The fourth-order valence-corrected chi connectivity index (χ4v) is 5.76. The van der Waals surface area contributed by atoms with Gasteiger partial charge in [0.15, 0.2) is 6.61 Å². The number of piperidine rings is 1. The molecule has 2 fully saturated rings. The summed E-state index contributed by atoms with van der Waals surface area (Å²) in [6, 6.07) is 4.43. The van der Waals surface area contributed by atoms with E-state index in [1.807, 2.05) is 0 Å². The van der Waals surface area contributed by atoms with Crippen molar-refractivity contribution >= 4 is 21.9 Å². The van der Waals surface area contributed by atoms with Crippen molar-refractivity contribution in [3.05, 3.63) is 29.3 Å². The summed E-state index contributed by atoms with van der Waals surface area (Å²) in [5.74, 6) is -0.105. The number of aryl methyl sites for hydroxylation is 1. The molecule has 30 heavy (non-hydrogen) atoms. The standard InChI is InChI=1S/C21H30N2O6S/c1-15-10-16(2)13-22(12-15)20(24)14-29-21(25)18-5-4-17(3)19(11-18)30(26,27)23-6-8-28-9-7-23/h4-5,11,15-16H,6-10,12-14H2,1-3H3/t15-,16-/m0/s1. The Labute approximate surface area is 178 Å². The minimum Gasteiger partial charge on any atom is -0.452 e. The van der Waals surface area contributed by atoms with Crippen LogP contribution in [0.25, 0.3) is 0 Å². The third-order valence-corrected chi connectivity index (χ3v) is 7.60. The lowest BCUT2D eigenvalue weighted by Crippen LogP contribution is -2.44. The number of ether oxygens (including phenoxy) is 2. The first-order valence-electron chi connectivity index (χ1n) is 10.3. The normalized spacial score (nSPS) is 23.2. The largest absolute Gasteiger partial charge is 0.452 e. The Kier molecular flexibility index (Phi) is 7.15. The van der Waals surface area contributed by atoms with E-state index in [-0.39, 0.29) is 36.1 Å². The molecule has 3 rings (SSSR count). The molecule has 0 N–H and O–H groups in total. The van der Waals surface area contributed by atoms with Crippen molar-refractivity contribution < 1.29 is 27.5 Å². The molecule has 2 heterocycles. The van der Waals surface area contributed by atoms with Gasteiger partial charge < -0.3 is 14.4 Å². The Morgan fingerprint density at radius 2 is 1.77 bits per heavy atom. The highest BCUT2D eigenvalue weighted by atomic mass is 32.2. The summed E-state index contributed by atoms with van der Waals surface area (Å²) in [7, 11) is -3.74. The number of hydrogen-bond donors (Lipinski definition) is 0. The molecule has 8 nitrogen and oxygen atoms in total. The van der Waals surface area contributed by atoms with E-state index < -0.39 is 16.0 Å². The lowest BCUT2D eigenvalue weighted by Gasteiger charge is -2.34. The van der Waals surface area contributed by atoms with Gasteiger partial charge in [-0.15, -0.1) is 0 Å². The van der Waals surface area contributed by atoms with Gasteiger partial charge in [0, 0.05) is 26.2 Å². The van der Waals surface area contributed by atoms with Gasteiger partial charge in [0.05, 0.1) is 23.7 Å².